The SMILES string of the molecule is CNC(=O)CN1CCN([C@H](C)C(=O)NC2CC2)CC1. The lowest BCUT2D eigenvalue weighted by Crippen LogP contribution is -2.55. The third kappa shape index (κ3) is 4.18. The molecule has 1 heterocycles. The molecule has 108 valence electrons. The minimum Gasteiger partial charge on any atom is -0.358 e. The number of carbonyl (C=O) groups excluding carboxylic acids is 2. The van der Waals surface area contributed by atoms with Gasteiger partial charge in [-0.05, 0) is 19.8 Å². The Labute approximate surface area is 114 Å². The van der Waals surface area contributed by atoms with Gasteiger partial charge >= 0.3 is 0 Å². The van der Waals surface area contributed by atoms with Crippen molar-refractivity contribution in [3.8, 4) is 0 Å². The first-order valence-corrected chi connectivity index (χ1v) is 7.07. The van der Waals surface area contributed by atoms with Crippen LogP contribution >= 0.6 is 0 Å². The van der Waals surface area contributed by atoms with Crippen LogP contribution in [0.1, 0.15) is 19.8 Å². The van der Waals surface area contributed by atoms with Crippen LogP contribution in [0.3, 0.4) is 0 Å². The van der Waals surface area contributed by atoms with Crippen LogP contribution in [-0.2, 0) is 9.59 Å². The monoisotopic (exact) mass is 268 g/mol. The normalized spacial score (nSPS) is 22.8. The van der Waals surface area contributed by atoms with Gasteiger partial charge in [-0.25, -0.2) is 0 Å². The van der Waals surface area contributed by atoms with Crippen molar-refractivity contribution in [2.75, 3.05) is 39.8 Å². The molecule has 0 aromatic heterocycles. The second-order valence-corrected chi connectivity index (χ2v) is 5.44. The van der Waals surface area contributed by atoms with Gasteiger partial charge < -0.3 is 10.6 Å². The van der Waals surface area contributed by atoms with Gasteiger partial charge in [0.1, 0.15) is 0 Å². The number of rotatable bonds is 5. The summed E-state index contributed by atoms with van der Waals surface area (Å²) < 4.78 is 0. The summed E-state index contributed by atoms with van der Waals surface area (Å²) in [6.07, 6.45) is 2.25. The van der Waals surface area contributed by atoms with E-state index in [0.717, 1.165) is 39.0 Å². The number of nitrogens with zero attached hydrogens (tertiary/aromatic N) is 2. The second kappa shape index (κ2) is 6.34. The van der Waals surface area contributed by atoms with E-state index in [4.69, 9.17) is 0 Å². The molecular formula is C13H24N4O2. The molecule has 0 bridgehead atoms. The Morgan fingerprint density at radius 2 is 1.84 bits per heavy atom. The molecule has 19 heavy (non-hydrogen) atoms. The third-order valence-electron chi connectivity index (χ3n) is 3.90. The van der Waals surface area contributed by atoms with E-state index in [1.807, 2.05) is 6.92 Å². The van der Waals surface area contributed by atoms with Gasteiger partial charge in [0, 0.05) is 39.3 Å². The molecule has 6 heteroatoms. The summed E-state index contributed by atoms with van der Waals surface area (Å²) in [6, 6.07) is 0.354. The molecule has 2 fully saturated rings. The fourth-order valence-electron chi connectivity index (χ4n) is 2.31. The maximum atomic E-state index is 12.0. The van der Waals surface area contributed by atoms with Crippen LogP contribution in [0.5, 0.6) is 0 Å². The van der Waals surface area contributed by atoms with Crippen molar-refractivity contribution >= 4 is 11.8 Å². The average molecular weight is 268 g/mol. The zero-order valence-electron chi connectivity index (χ0n) is 11.8. The summed E-state index contributed by atoms with van der Waals surface area (Å²) in [4.78, 5) is 27.6. The van der Waals surface area contributed by atoms with Crippen molar-refractivity contribution in [3.63, 3.8) is 0 Å². The Bertz CT molecular complexity index is 336. The Kier molecular flexibility index (Phi) is 4.76. The molecule has 0 spiro atoms. The highest BCUT2D eigenvalue weighted by Gasteiger charge is 2.30. The van der Waals surface area contributed by atoms with Crippen molar-refractivity contribution in [2.45, 2.75) is 31.8 Å². The van der Waals surface area contributed by atoms with Gasteiger partial charge in [-0.2, -0.15) is 0 Å². The van der Waals surface area contributed by atoms with Gasteiger partial charge in [0.25, 0.3) is 0 Å². The van der Waals surface area contributed by atoms with Crippen molar-refractivity contribution in [3.05, 3.63) is 0 Å². The zero-order valence-corrected chi connectivity index (χ0v) is 11.8. The predicted molar refractivity (Wildman–Crippen MR) is 72.7 cm³/mol. The Morgan fingerprint density at radius 1 is 1.21 bits per heavy atom. The summed E-state index contributed by atoms with van der Waals surface area (Å²) in [5, 5.41) is 5.68. The van der Waals surface area contributed by atoms with Crippen LogP contribution in [0.15, 0.2) is 0 Å². The van der Waals surface area contributed by atoms with E-state index >= 15 is 0 Å². The van der Waals surface area contributed by atoms with E-state index in [-0.39, 0.29) is 17.9 Å². The molecular weight excluding hydrogens is 244 g/mol. The Morgan fingerprint density at radius 3 is 2.37 bits per heavy atom. The highest BCUT2D eigenvalue weighted by atomic mass is 16.2. The smallest absolute Gasteiger partial charge is 0.237 e. The minimum atomic E-state index is -0.0669. The third-order valence-corrected chi connectivity index (χ3v) is 3.90. The average Bonchev–Trinajstić information content (AvgIpc) is 3.22. The van der Waals surface area contributed by atoms with E-state index < -0.39 is 0 Å². The first kappa shape index (κ1) is 14.3. The largest absolute Gasteiger partial charge is 0.358 e. The van der Waals surface area contributed by atoms with Gasteiger partial charge in [0.15, 0.2) is 0 Å². The summed E-state index contributed by atoms with van der Waals surface area (Å²) >= 11 is 0. The van der Waals surface area contributed by atoms with Gasteiger partial charge in [0.05, 0.1) is 12.6 Å². The van der Waals surface area contributed by atoms with Crippen LogP contribution in [-0.4, -0.2) is 73.5 Å². The molecule has 0 radical (unpaired) electrons. The van der Waals surface area contributed by atoms with Crippen molar-refractivity contribution in [1.82, 2.24) is 20.4 Å². The van der Waals surface area contributed by atoms with E-state index in [1.165, 1.54) is 0 Å². The van der Waals surface area contributed by atoms with Crippen LogP contribution in [0.25, 0.3) is 0 Å². The van der Waals surface area contributed by atoms with Crippen LogP contribution in [0.4, 0.5) is 0 Å². The number of likely N-dealkylation sites (N-methyl/N-ethyl adjacent to an activating group) is 1. The molecule has 1 aliphatic carbocycles. The topological polar surface area (TPSA) is 64.7 Å². The molecule has 2 amide bonds. The van der Waals surface area contributed by atoms with E-state index in [2.05, 4.69) is 20.4 Å². The molecule has 1 saturated carbocycles. The second-order valence-electron chi connectivity index (χ2n) is 5.44. The molecule has 2 aliphatic rings. The van der Waals surface area contributed by atoms with Gasteiger partial charge in [-0.3, -0.25) is 19.4 Å². The lowest BCUT2D eigenvalue weighted by atomic mass is 10.2. The Hall–Kier alpha value is -1.14. The molecule has 0 aromatic carbocycles. The van der Waals surface area contributed by atoms with Crippen molar-refractivity contribution in [2.24, 2.45) is 0 Å². The number of carbonyl (C=O) groups is 2. The van der Waals surface area contributed by atoms with E-state index in [1.54, 1.807) is 7.05 Å². The summed E-state index contributed by atoms with van der Waals surface area (Å²) in [5.74, 6) is 0.190. The fourth-order valence-corrected chi connectivity index (χ4v) is 2.31. The molecule has 6 nitrogen and oxygen atoms in total. The first-order valence-electron chi connectivity index (χ1n) is 7.07. The van der Waals surface area contributed by atoms with E-state index in [0.29, 0.717) is 12.6 Å². The molecule has 2 rings (SSSR count). The standard InChI is InChI=1S/C13H24N4O2/c1-10(13(19)15-11-3-4-11)17-7-5-16(6-8-17)9-12(18)14-2/h10-11H,3-9H2,1-2H3,(H,14,18)(H,15,19)/t10-/m1/s1. The summed E-state index contributed by atoms with van der Waals surface area (Å²) in [5.41, 5.74) is 0. The number of nitrogens with one attached hydrogen (secondary N) is 2. The molecule has 0 unspecified atom stereocenters. The Balaban J connectivity index is 1.72. The maximum Gasteiger partial charge on any atom is 0.237 e. The number of hydrogen-bond acceptors (Lipinski definition) is 4. The summed E-state index contributed by atoms with van der Waals surface area (Å²) in [6.45, 7) is 5.79. The minimum absolute atomic E-state index is 0.0491. The lowest BCUT2D eigenvalue weighted by Gasteiger charge is -2.37. The van der Waals surface area contributed by atoms with Crippen LogP contribution in [0, 0.1) is 0 Å². The van der Waals surface area contributed by atoms with Crippen molar-refractivity contribution in [1.29, 1.82) is 0 Å². The van der Waals surface area contributed by atoms with Crippen molar-refractivity contribution < 1.29 is 9.59 Å². The highest BCUT2D eigenvalue weighted by Crippen LogP contribution is 2.19. The lowest BCUT2D eigenvalue weighted by molar-refractivity contribution is -0.128. The molecule has 2 N–H and O–H groups in total. The predicted octanol–water partition coefficient (Wildman–Crippen LogP) is -0.983. The molecule has 1 aliphatic heterocycles. The fraction of sp³-hybridized carbons (Fsp3) is 0.846. The number of amides is 2. The van der Waals surface area contributed by atoms with Gasteiger partial charge in [-0.15, -0.1) is 0 Å². The summed E-state index contributed by atoms with van der Waals surface area (Å²) in [7, 11) is 1.66. The first-order chi connectivity index (χ1) is 9.10. The quantitative estimate of drug-likeness (QED) is 0.672. The zero-order chi connectivity index (χ0) is 13.8. The highest BCUT2D eigenvalue weighted by molar-refractivity contribution is 5.82. The molecule has 0 aromatic rings. The van der Waals surface area contributed by atoms with E-state index in [9.17, 15) is 9.59 Å². The maximum absolute atomic E-state index is 12.0. The van der Waals surface area contributed by atoms with Crippen LogP contribution in [0.2, 0.25) is 0 Å². The molecule has 1 atom stereocenters. The molecule has 1 saturated heterocycles. The van der Waals surface area contributed by atoms with Crippen LogP contribution < -0.4 is 10.6 Å². The van der Waals surface area contributed by atoms with Gasteiger partial charge in [-0.1, -0.05) is 0 Å². The number of hydrogen-bond donors (Lipinski definition) is 2. The van der Waals surface area contributed by atoms with Gasteiger partial charge in [0.2, 0.25) is 11.8 Å². The number of piperazine rings is 1.